The summed E-state index contributed by atoms with van der Waals surface area (Å²) in [6.07, 6.45) is 1.70. The predicted molar refractivity (Wildman–Crippen MR) is 40.2 cm³/mol. The van der Waals surface area contributed by atoms with Crippen molar-refractivity contribution in [3.05, 3.63) is 24.0 Å². The average molecular weight is 154 g/mol. The number of aliphatic carboxylic acids is 1. The molecule has 0 fully saturated rings. The molecular weight excluding hydrogens is 144 g/mol. The molecule has 0 bridgehead atoms. The van der Waals surface area contributed by atoms with E-state index < -0.39 is 12.0 Å². The van der Waals surface area contributed by atoms with Gasteiger partial charge in [0.25, 0.3) is 0 Å². The van der Waals surface area contributed by atoms with Crippen LogP contribution in [0.5, 0.6) is 0 Å². The highest BCUT2D eigenvalue weighted by molar-refractivity contribution is 5.74. The van der Waals surface area contributed by atoms with Crippen molar-refractivity contribution in [3.63, 3.8) is 0 Å². The topological polar surface area (TPSA) is 65.1 Å². The lowest BCUT2D eigenvalue weighted by Crippen LogP contribution is -2.25. The molecule has 1 unspecified atom stereocenters. The number of rotatable bonds is 3. The van der Waals surface area contributed by atoms with Crippen LogP contribution in [0.4, 0.5) is 0 Å². The van der Waals surface area contributed by atoms with E-state index in [4.69, 9.17) is 5.11 Å². The van der Waals surface area contributed by atoms with Crippen molar-refractivity contribution >= 4 is 5.97 Å². The molecule has 0 saturated carbocycles. The molecule has 60 valence electrons. The summed E-state index contributed by atoms with van der Waals surface area (Å²) in [6.45, 7) is 0. The first-order chi connectivity index (χ1) is 5.25. The minimum atomic E-state index is -0.880. The lowest BCUT2D eigenvalue weighted by atomic mass is 10.2. The maximum Gasteiger partial charge on any atom is 0.326 e. The van der Waals surface area contributed by atoms with E-state index in [1.54, 1.807) is 25.4 Å². The fourth-order valence-corrected chi connectivity index (χ4v) is 0.936. The summed E-state index contributed by atoms with van der Waals surface area (Å²) in [6, 6.07) is 2.86. The Balaban J connectivity index is 2.79. The van der Waals surface area contributed by atoms with Gasteiger partial charge < -0.3 is 15.4 Å². The van der Waals surface area contributed by atoms with Crippen LogP contribution in [0.2, 0.25) is 0 Å². The Morgan fingerprint density at radius 1 is 1.82 bits per heavy atom. The SMILES string of the molecule is CNC(C(=O)O)c1ccc[nH]1. The lowest BCUT2D eigenvalue weighted by molar-refractivity contribution is -0.139. The van der Waals surface area contributed by atoms with Gasteiger partial charge in [0.1, 0.15) is 6.04 Å². The summed E-state index contributed by atoms with van der Waals surface area (Å²) in [5, 5.41) is 11.3. The first-order valence-electron chi connectivity index (χ1n) is 3.29. The van der Waals surface area contributed by atoms with Crippen LogP contribution in [-0.2, 0) is 4.79 Å². The molecule has 4 heteroatoms. The highest BCUT2D eigenvalue weighted by atomic mass is 16.4. The zero-order chi connectivity index (χ0) is 8.27. The number of carboxylic acids is 1. The minimum absolute atomic E-state index is 0.634. The van der Waals surface area contributed by atoms with Crippen LogP contribution in [0, 0.1) is 0 Å². The van der Waals surface area contributed by atoms with Gasteiger partial charge in [-0.3, -0.25) is 4.79 Å². The highest BCUT2D eigenvalue weighted by Gasteiger charge is 2.17. The Hall–Kier alpha value is -1.29. The van der Waals surface area contributed by atoms with Gasteiger partial charge in [0.05, 0.1) is 0 Å². The number of aromatic amines is 1. The zero-order valence-electron chi connectivity index (χ0n) is 6.16. The minimum Gasteiger partial charge on any atom is -0.480 e. The van der Waals surface area contributed by atoms with Crippen LogP contribution >= 0.6 is 0 Å². The van der Waals surface area contributed by atoms with E-state index in [0.717, 1.165) is 0 Å². The third kappa shape index (κ3) is 1.59. The van der Waals surface area contributed by atoms with Gasteiger partial charge in [0, 0.05) is 11.9 Å². The summed E-state index contributed by atoms with van der Waals surface area (Å²) >= 11 is 0. The van der Waals surface area contributed by atoms with Gasteiger partial charge in [-0.15, -0.1) is 0 Å². The van der Waals surface area contributed by atoms with Gasteiger partial charge in [0.15, 0.2) is 0 Å². The van der Waals surface area contributed by atoms with Crippen LogP contribution in [0.3, 0.4) is 0 Å². The number of hydrogen-bond acceptors (Lipinski definition) is 2. The molecule has 0 radical (unpaired) electrons. The second-order valence-electron chi connectivity index (χ2n) is 2.19. The Morgan fingerprint density at radius 3 is 2.91 bits per heavy atom. The number of H-pyrrole nitrogens is 1. The van der Waals surface area contributed by atoms with Crippen LogP contribution < -0.4 is 5.32 Å². The van der Waals surface area contributed by atoms with Gasteiger partial charge in [-0.1, -0.05) is 0 Å². The molecule has 1 aromatic heterocycles. The molecule has 0 aliphatic heterocycles. The summed E-state index contributed by atoms with van der Waals surface area (Å²) in [5.74, 6) is -0.880. The molecule has 4 nitrogen and oxygen atoms in total. The monoisotopic (exact) mass is 154 g/mol. The van der Waals surface area contributed by atoms with Gasteiger partial charge in [-0.05, 0) is 19.2 Å². The smallest absolute Gasteiger partial charge is 0.326 e. The van der Waals surface area contributed by atoms with Crippen molar-refractivity contribution in [3.8, 4) is 0 Å². The molecule has 3 N–H and O–H groups in total. The number of carbonyl (C=O) groups is 1. The second kappa shape index (κ2) is 3.21. The van der Waals surface area contributed by atoms with Crippen molar-refractivity contribution in [2.24, 2.45) is 0 Å². The number of aromatic nitrogens is 1. The first-order valence-corrected chi connectivity index (χ1v) is 3.29. The van der Waals surface area contributed by atoms with E-state index in [0.29, 0.717) is 5.69 Å². The number of hydrogen-bond donors (Lipinski definition) is 3. The van der Waals surface area contributed by atoms with Crippen LogP contribution in [0.25, 0.3) is 0 Å². The van der Waals surface area contributed by atoms with E-state index in [-0.39, 0.29) is 0 Å². The van der Waals surface area contributed by atoms with Crippen molar-refractivity contribution in [2.75, 3.05) is 7.05 Å². The molecule has 1 heterocycles. The van der Waals surface area contributed by atoms with E-state index in [2.05, 4.69) is 10.3 Å². The third-order valence-electron chi connectivity index (χ3n) is 1.47. The second-order valence-corrected chi connectivity index (χ2v) is 2.19. The summed E-state index contributed by atoms with van der Waals surface area (Å²) < 4.78 is 0. The summed E-state index contributed by atoms with van der Waals surface area (Å²) in [7, 11) is 1.61. The van der Waals surface area contributed by atoms with E-state index in [1.165, 1.54) is 0 Å². The lowest BCUT2D eigenvalue weighted by Gasteiger charge is -2.07. The fraction of sp³-hybridized carbons (Fsp3) is 0.286. The van der Waals surface area contributed by atoms with Gasteiger partial charge in [0.2, 0.25) is 0 Å². The average Bonchev–Trinajstić information content (AvgIpc) is 2.40. The summed E-state index contributed by atoms with van der Waals surface area (Å²) in [4.78, 5) is 13.4. The van der Waals surface area contributed by atoms with Crippen LogP contribution in [-0.4, -0.2) is 23.1 Å². The Kier molecular flexibility index (Phi) is 2.28. The maximum absolute atomic E-state index is 10.5. The molecule has 0 aromatic carbocycles. The molecule has 1 atom stereocenters. The molecular formula is C7H10N2O2. The van der Waals surface area contributed by atoms with E-state index >= 15 is 0 Å². The Bertz CT molecular complexity index is 231. The Labute approximate surface area is 64.2 Å². The molecule has 11 heavy (non-hydrogen) atoms. The number of carboxylic acid groups (broad SMARTS) is 1. The molecule has 1 aromatic rings. The maximum atomic E-state index is 10.5. The standard InChI is InChI=1S/C7H10N2O2/c1-8-6(7(10)11)5-3-2-4-9-5/h2-4,6,8-9H,1H3,(H,10,11). The molecule has 0 aliphatic rings. The van der Waals surface area contributed by atoms with E-state index in [1.807, 2.05) is 0 Å². The van der Waals surface area contributed by atoms with Crippen molar-refractivity contribution in [1.29, 1.82) is 0 Å². The van der Waals surface area contributed by atoms with Crippen LogP contribution in [0.1, 0.15) is 11.7 Å². The predicted octanol–water partition coefficient (Wildman–Crippen LogP) is 0.360. The third-order valence-corrected chi connectivity index (χ3v) is 1.47. The summed E-state index contributed by atoms with van der Waals surface area (Å²) in [5.41, 5.74) is 0.667. The Morgan fingerprint density at radius 2 is 2.55 bits per heavy atom. The van der Waals surface area contributed by atoms with Gasteiger partial charge in [-0.25, -0.2) is 0 Å². The first kappa shape index (κ1) is 7.81. The van der Waals surface area contributed by atoms with Crippen LogP contribution in [0.15, 0.2) is 18.3 Å². The van der Waals surface area contributed by atoms with Gasteiger partial charge >= 0.3 is 5.97 Å². The van der Waals surface area contributed by atoms with Crippen molar-refractivity contribution in [2.45, 2.75) is 6.04 Å². The quantitative estimate of drug-likeness (QED) is 0.589. The zero-order valence-corrected chi connectivity index (χ0v) is 6.16. The van der Waals surface area contributed by atoms with Crippen molar-refractivity contribution < 1.29 is 9.90 Å². The largest absolute Gasteiger partial charge is 0.480 e. The normalized spacial score (nSPS) is 12.8. The molecule has 0 saturated heterocycles. The molecule has 0 spiro atoms. The molecule has 1 rings (SSSR count). The highest BCUT2D eigenvalue weighted by Crippen LogP contribution is 2.08. The molecule has 0 amide bonds. The molecule has 0 aliphatic carbocycles. The van der Waals surface area contributed by atoms with E-state index in [9.17, 15) is 4.79 Å². The van der Waals surface area contributed by atoms with Gasteiger partial charge in [-0.2, -0.15) is 0 Å². The number of nitrogens with one attached hydrogen (secondary N) is 2. The fourth-order valence-electron chi connectivity index (χ4n) is 0.936. The van der Waals surface area contributed by atoms with Crippen molar-refractivity contribution in [1.82, 2.24) is 10.3 Å². The number of likely N-dealkylation sites (N-methyl/N-ethyl adjacent to an activating group) is 1.